The third-order valence-electron chi connectivity index (χ3n) is 9.42. The van der Waals surface area contributed by atoms with Crippen LogP contribution in [0.3, 0.4) is 0 Å². The third kappa shape index (κ3) is 8.57. The zero-order valence-corrected chi connectivity index (χ0v) is 24.9. The number of hydrogen-bond acceptors (Lipinski definition) is 3. The Morgan fingerprint density at radius 2 is 1.55 bits per heavy atom. The van der Waals surface area contributed by atoms with E-state index in [1.807, 2.05) is 19.2 Å². The summed E-state index contributed by atoms with van der Waals surface area (Å²) in [5, 5.41) is 0. The minimum Gasteiger partial charge on any atom is -0.304 e. The highest BCUT2D eigenvalue weighted by atomic mass is 32.2. The average molecular weight is 540 g/mol. The van der Waals surface area contributed by atoms with Gasteiger partial charge in [-0.15, -0.1) is 0 Å². The molecule has 2 aliphatic rings. The Kier molecular flexibility index (Phi) is 12.0. The largest absolute Gasteiger partial charge is 0.304 e. The minimum absolute atomic E-state index is 0.0722. The zero-order valence-electron chi connectivity index (χ0n) is 24.1. The van der Waals surface area contributed by atoms with Gasteiger partial charge in [0, 0.05) is 12.1 Å². The molecule has 0 unspecified atom stereocenters. The molecule has 4 rings (SSSR count). The molecule has 0 radical (unpaired) electrons. The van der Waals surface area contributed by atoms with Crippen molar-refractivity contribution in [1.29, 1.82) is 0 Å². The topological polar surface area (TPSA) is 12.5 Å². The number of unbranched alkanes of at least 4 members (excludes halogenated alkanes) is 2. The third-order valence-corrected chi connectivity index (χ3v) is 10.0. The molecule has 0 atom stereocenters. The zero-order chi connectivity index (χ0) is 26.7. The van der Waals surface area contributed by atoms with Gasteiger partial charge in [-0.1, -0.05) is 81.8 Å². The summed E-state index contributed by atoms with van der Waals surface area (Å²) in [5.41, 5.74) is 4.20. The molecule has 2 aromatic rings. The van der Waals surface area contributed by atoms with Gasteiger partial charge in [0.25, 0.3) is 0 Å². The number of hydrogen-bond donors (Lipinski definition) is 0. The first kappa shape index (κ1) is 29.6. The minimum atomic E-state index is -0.0722. The molecule has 0 aliphatic heterocycles. The van der Waals surface area contributed by atoms with E-state index in [1.54, 1.807) is 7.11 Å². The lowest BCUT2D eigenvalue weighted by atomic mass is 9.68. The second kappa shape index (κ2) is 15.4. The molecule has 2 saturated carbocycles. The number of rotatable bonds is 13. The first-order valence-electron chi connectivity index (χ1n) is 15.4. The second-order valence-electron chi connectivity index (χ2n) is 12.0. The van der Waals surface area contributed by atoms with E-state index < -0.39 is 0 Å². The van der Waals surface area contributed by atoms with Gasteiger partial charge >= 0.3 is 0 Å². The molecule has 2 aliphatic carbocycles. The number of aryl methyl sites for hydroxylation is 1. The quantitative estimate of drug-likeness (QED) is 0.143. The maximum Gasteiger partial charge on any atom is 0.131 e. The molecule has 38 heavy (non-hydrogen) atoms. The van der Waals surface area contributed by atoms with Crippen molar-refractivity contribution in [3.63, 3.8) is 0 Å². The van der Waals surface area contributed by atoms with Crippen molar-refractivity contribution in [1.82, 2.24) is 4.31 Å². The molecule has 0 N–H and O–H groups in total. The molecular weight excluding hydrogens is 489 g/mol. The molecule has 0 heterocycles. The van der Waals surface area contributed by atoms with Crippen LogP contribution in [0.4, 0.5) is 4.39 Å². The van der Waals surface area contributed by atoms with E-state index >= 15 is 4.39 Å². The fraction of sp³-hybridized carbons (Fsp3) is 0.647. The van der Waals surface area contributed by atoms with E-state index in [0.717, 1.165) is 48.3 Å². The van der Waals surface area contributed by atoms with Gasteiger partial charge in [-0.2, -0.15) is 0 Å². The van der Waals surface area contributed by atoms with Crippen LogP contribution in [0.1, 0.15) is 107 Å². The Hall–Kier alpha value is -1.36. The van der Waals surface area contributed by atoms with Gasteiger partial charge in [0.2, 0.25) is 0 Å². The van der Waals surface area contributed by atoms with Crippen molar-refractivity contribution in [2.24, 2.45) is 17.8 Å². The summed E-state index contributed by atoms with van der Waals surface area (Å²) in [6.07, 6.45) is 18.7. The summed E-state index contributed by atoms with van der Waals surface area (Å²) in [7, 11) is 3.73. The van der Waals surface area contributed by atoms with Crippen LogP contribution in [0.25, 0.3) is 11.1 Å². The van der Waals surface area contributed by atoms with Crippen LogP contribution in [0.15, 0.2) is 42.5 Å². The van der Waals surface area contributed by atoms with E-state index in [-0.39, 0.29) is 5.82 Å². The highest BCUT2D eigenvalue weighted by Gasteiger charge is 2.31. The average Bonchev–Trinajstić information content (AvgIpc) is 2.94. The molecule has 2 nitrogen and oxygen atoms in total. The molecule has 0 aromatic heterocycles. The van der Waals surface area contributed by atoms with E-state index in [4.69, 9.17) is 4.18 Å². The summed E-state index contributed by atoms with van der Waals surface area (Å²) < 4.78 is 22.4. The van der Waals surface area contributed by atoms with Gasteiger partial charge in [0.15, 0.2) is 0 Å². The lowest BCUT2D eigenvalue weighted by Gasteiger charge is -2.38. The van der Waals surface area contributed by atoms with E-state index in [9.17, 15) is 0 Å². The monoisotopic (exact) mass is 539 g/mol. The van der Waals surface area contributed by atoms with Crippen molar-refractivity contribution < 1.29 is 8.57 Å². The molecule has 4 heteroatoms. The Morgan fingerprint density at radius 1 is 0.868 bits per heavy atom. The summed E-state index contributed by atoms with van der Waals surface area (Å²) in [4.78, 5) is 0. The van der Waals surface area contributed by atoms with Gasteiger partial charge in [0.1, 0.15) is 5.82 Å². The van der Waals surface area contributed by atoms with Crippen LogP contribution in [-0.2, 0) is 10.6 Å². The normalized spacial score (nSPS) is 24.1. The van der Waals surface area contributed by atoms with Crippen molar-refractivity contribution >= 4 is 12.2 Å². The Labute approximate surface area is 236 Å². The van der Waals surface area contributed by atoms with Crippen LogP contribution < -0.4 is 0 Å². The van der Waals surface area contributed by atoms with E-state index in [2.05, 4.69) is 41.6 Å². The highest BCUT2D eigenvalue weighted by molar-refractivity contribution is 7.92. The fourth-order valence-corrected chi connectivity index (χ4v) is 7.55. The van der Waals surface area contributed by atoms with Crippen molar-refractivity contribution in [3.05, 3.63) is 59.4 Å². The van der Waals surface area contributed by atoms with Gasteiger partial charge in [-0.3, -0.25) is 0 Å². The van der Waals surface area contributed by atoms with Crippen LogP contribution in [-0.4, -0.2) is 25.0 Å². The summed E-state index contributed by atoms with van der Waals surface area (Å²) in [5.74, 6) is 3.31. The van der Waals surface area contributed by atoms with Gasteiger partial charge in [-0.25, -0.2) is 8.70 Å². The van der Waals surface area contributed by atoms with Crippen LogP contribution in [0.2, 0.25) is 0 Å². The predicted octanol–water partition coefficient (Wildman–Crippen LogP) is 10.2. The molecule has 0 amide bonds. The molecule has 2 aromatic carbocycles. The Balaban J connectivity index is 1.24. The standard InChI is InChI=1S/C34H50FNOS/c1-4-5-6-8-26-10-14-28(15-11-26)29-18-20-30(21-19-29)32-22-23-33(34(35)25-32)31-16-12-27(13-17-31)9-7-24-36(2)38-37-3/h12-13,16-17,22-23,25-26,28-30H,4-11,14-15,18-21,24H2,1-3H3. The first-order chi connectivity index (χ1) is 18.6. The van der Waals surface area contributed by atoms with Gasteiger partial charge < -0.3 is 4.18 Å². The van der Waals surface area contributed by atoms with E-state index in [0.29, 0.717) is 5.92 Å². The lowest BCUT2D eigenvalue weighted by molar-refractivity contribution is 0.155. The lowest BCUT2D eigenvalue weighted by Crippen LogP contribution is -2.25. The van der Waals surface area contributed by atoms with Crippen molar-refractivity contribution in [3.8, 4) is 11.1 Å². The molecule has 0 bridgehead atoms. The first-order valence-corrected chi connectivity index (χ1v) is 16.1. The second-order valence-corrected chi connectivity index (χ2v) is 13.1. The molecule has 0 spiro atoms. The number of benzene rings is 2. The molecule has 2 fully saturated rings. The van der Waals surface area contributed by atoms with Gasteiger partial charge in [0.05, 0.1) is 19.3 Å². The predicted molar refractivity (Wildman–Crippen MR) is 162 cm³/mol. The Bertz CT molecular complexity index is 947. The smallest absolute Gasteiger partial charge is 0.131 e. The van der Waals surface area contributed by atoms with Gasteiger partial charge in [-0.05, 0) is 105 Å². The number of halogens is 1. The maximum atomic E-state index is 15.3. The number of nitrogens with zero attached hydrogens (tertiary/aromatic N) is 1. The highest BCUT2D eigenvalue weighted by Crippen LogP contribution is 2.45. The SMILES string of the molecule is CCCCCC1CCC(C2CCC(c3ccc(-c4ccc(CCCN(C)SOC)cc4)c(F)c3)CC2)CC1. The maximum absolute atomic E-state index is 15.3. The van der Waals surface area contributed by atoms with Crippen molar-refractivity contribution in [2.45, 2.75) is 103 Å². The molecular formula is C34H50FNOS. The fourth-order valence-electron chi connectivity index (χ4n) is 7.10. The Morgan fingerprint density at radius 3 is 2.18 bits per heavy atom. The van der Waals surface area contributed by atoms with Crippen LogP contribution in [0, 0.1) is 23.6 Å². The summed E-state index contributed by atoms with van der Waals surface area (Å²) in [6.45, 7) is 3.28. The summed E-state index contributed by atoms with van der Waals surface area (Å²) >= 11 is 1.38. The molecule has 210 valence electrons. The van der Waals surface area contributed by atoms with Crippen LogP contribution in [0.5, 0.6) is 0 Å². The van der Waals surface area contributed by atoms with Crippen LogP contribution >= 0.6 is 12.2 Å². The van der Waals surface area contributed by atoms with Crippen molar-refractivity contribution in [2.75, 3.05) is 20.7 Å². The summed E-state index contributed by atoms with van der Waals surface area (Å²) in [6, 6.07) is 14.5. The van der Waals surface area contributed by atoms with E-state index in [1.165, 1.54) is 100 Å². The molecule has 0 saturated heterocycles.